The third kappa shape index (κ3) is 5.28. The second-order valence-corrected chi connectivity index (χ2v) is 7.08. The van der Waals surface area contributed by atoms with Gasteiger partial charge in [-0.3, -0.25) is 9.59 Å². The zero-order valence-electron chi connectivity index (χ0n) is 17.0. The van der Waals surface area contributed by atoms with Gasteiger partial charge in [-0.2, -0.15) is 0 Å². The molecule has 2 amide bonds. The van der Waals surface area contributed by atoms with Crippen LogP contribution in [0.15, 0.2) is 48.5 Å². The number of nitrogens with zero attached hydrogens (tertiary/aromatic N) is 1. The van der Waals surface area contributed by atoms with E-state index < -0.39 is 6.10 Å². The molecule has 0 radical (unpaired) electrons. The van der Waals surface area contributed by atoms with E-state index in [2.05, 4.69) is 5.32 Å². The molecule has 1 aliphatic heterocycles. The summed E-state index contributed by atoms with van der Waals surface area (Å²) in [5.74, 6) is 0.899. The van der Waals surface area contributed by atoms with Crippen molar-refractivity contribution in [1.29, 1.82) is 0 Å². The monoisotopic (exact) mass is 396 g/mol. The normalized spacial score (nSPS) is 14.8. The maximum absolute atomic E-state index is 12.9. The molecule has 154 valence electrons. The summed E-state index contributed by atoms with van der Waals surface area (Å²) in [6.07, 6.45) is 3.01. The van der Waals surface area contributed by atoms with Gasteiger partial charge in [-0.25, -0.2) is 0 Å². The minimum Gasteiger partial charge on any atom is -0.497 e. The number of carbonyl (C=O) groups excluding carboxylic acids is 2. The largest absolute Gasteiger partial charge is 0.497 e. The van der Waals surface area contributed by atoms with Gasteiger partial charge < -0.3 is 19.7 Å². The van der Waals surface area contributed by atoms with Crippen molar-refractivity contribution < 1.29 is 19.1 Å². The molecule has 1 N–H and O–H groups in total. The van der Waals surface area contributed by atoms with Crippen LogP contribution in [0.25, 0.3) is 0 Å². The highest BCUT2D eigenvalue weighted by atomic mass is 16.5. The van der Waals surface area contributed by atoms with E-state index in [0.717, 1.165) is 32.4 Å². The molecular weight excluding hydrogens is 368 g/mol. The van der Waals surface area contributed by atoms with Gasteiger partial charge in [0, 0.05) is 19.2 Å². The van der Waals surface area contributed by atoms with Crippen LogP contribution in [-0.2, 0) is 4.79 Å². The minimum absolute atomic E-state index is 0.0395. The maximum Gasteiger partial charge on any atom is 0.265 e. The molecule has 1 aliphatic rings. The molecule has 3 rings (SSSR count). The Morgan fingerprint density at radius 1 is 1.03 bits per heavy atom. The number of hydrogen-bond donors (Lipinski definition) is 1. The first-order chi connectivity index (χ1) is 14.1. The summed E-state index contributed by atoms with van der Waals surface area (Å²) in [5.41, 5.74) is 1.03. The van der Waals surface area contributed by atoms with Gasteiger partial charge in [-0.1, -0.05) is 25.1 Å². The van der Waals surface area contributed by atoms with E-state index in [-0.39, 0.29) is 11.8 Å². The van der Waals surface area contributed by atoms with Gasteiger partial charge >= 0.3 is 0 Å². The number of carbonyl (C=O) groups is 2. The van der Waals surface area contributed by atoms with Gasteiger partial charge in [0.2, 0.25) is 0 Å². The number of nitrogens with one attached hydrogen (secondary N) is 1. The predicted octanol–water partition coefficient (Wildman–Crippen LogP) is 4.12. The van der Waals surface area contributed by atoms with Crippen molar-refractivity contribution in [1.82, 2.24) is 4.90 Å². The Kier molecular flexibility index (Phi) is 7.11. The van der Waals surface area contributed by atoms with Crippen LogP contribution in [0.4, 0.5) is 5.69 Å². The number of amides is 2. The summed E-state index contributed by atoms with van der Waals surface area (Å²) in [5, 5.41) is 2.89. The zero-order chi connectivity index (χ0) is 20.6. The number of benzene rings is 2. The molecule has 1 atom stereocenters. The van der Waals surface area contributed by atoms with E-state index in [1.165, 1.54) is 0 Å². The highest BCUT2D eigenvalue weighted by Gasteiger charge is 2.24. The van der Waals surface area contributed by atoms with E-state index in [9.17, 15) is 9.59 Å². The fourth-order valence-electron chi connectivity index (χ4n) is 3.42. The van der Waals surface area contributed by atoms with Crippen molar-refractivity contribution >= 4 is 17.5 Å². The number of rotatable bonds is 7. The molecule has 1 unspecified atom stereocenters. The van der Waals surface area contributed by atoms with Crippen LogP contribution >= 0.6 is 0 Å². The van der Waals surface area contributed by atoms with Crippen LogP contribution in [0.3, 0.4) is 0 Å². The molecule has 1 heterocycles. The first-order valence-corrected chi connectivity index (χ1v) is 10.1. The number of anilines is 1. The second-order valence-electron chi connectivity index (χ2n) is 7.08. The average Bonchev–Trinajstić information content (AvgIpc) is 2.78. The molecule has 1 saturated heterocycles. The summed E-state index contributed by atoms with van der Waals surface area (Å²) in [7, 11) is 1.58. The SMILES string of the molecule is CCC(Oc1cccc(OC)c1)C(=O)Nc1ccccc1C(=O)N1CCCCC1. The van der Waals surface area contributed by atoms with E-state index in [1.54, 1.807) is 31.4 Å². The van der Waals surface area contributed by atoms with Crippen molar-refractivity contribution in [3.63, 3.8) is 0 Å². The van der Waals surface area contributed by atoms with E-state index in [4.69, 9.17) is 9.47 Å². The summed E-state index contributed by atoms with van der Waals surface area (Å²) in [6.45, 7) is 3.41. The summed E-state index contributed by atoms with van der Waals surface area (Å²) < 4.78 is 11.1. The first kappa shape index (κ1) is 20.7. The fourth-order valence-corrected chi connectivity index (χ4v) is 3.42. The number of methoxy groups -OCH3 is 1. The van der Waals surface area contributed by atoms with Crippen LogP contribution in [0.1, 0.15) is 43.0 Å². The smallest absolute Gasteiger partial charge is 0.265 e. The number of piperidine rings is 1. The van der Waals surface area contributed by atoms with Gasteiger partial charge in [0.05, 0.1) is 18.4 Å². The molecule has 6 heteroatoms. The van der Waals surface area contributed by atoms with Gasteiger partial charge in [0.1, 0.15) is 11.5 Å². The summed E-state index contributed by atoms with van der Waals surface area (Å²) >= 11 is 0. The number of ether oxygens (including phenoxy) is 2. The molecule has 29 heavy (non-hydrogen) atoms. The molecule has 0 spiro atoms. The second kappa shape index (κ2) is 9.96. The molecule has 0 saturated carbocycles. The van der Waals surface area contributed by atoms with E-state index in [0.29, 0.717) is 29.2 Å². The van der Waals surface area contributed by atoms with Crippen molar-refractivity contribution in [2.75, 3.05) is 25.5 Å². The molecule has 2 aromatic rings. The highest BCUT2D eigenvalue weighted by Crippen LogP contribution is 2.23. The molecule has 0 bridgehead atoms. The van der Waals surface area contributed by atoms with Crippen LogP contribution in [0, 0.1) is 0 Å². The van der Waals surface area contributed by atoms with Crippen LogP contribution in [-0.4, -0.2) is 43.0 Å². The lowest BCUT2D eigenvalue weighted by Crippen LogP contribution is -2.37. The fraction of sp³-hybridized carbons (Fsp3) is 0.391. The average molecular weight is 396 g/mol. The van der Waals surface area contributed by atoms with Crippen LogP contribution in [0.5, 0.6) is 11.5 Å². The van der Waals surface area contributed by atoms with Gasteiger partial charge in [0.15, 0.2) is 6.10 Å². The summed E-state index contributed by atoms with van der Waals surface area (Å²) in [4.78, 5) is 27.7. The molecule has 6 nitrogen and oxygen atoms in total. The van der Waals surface area contributed by atoms with Crippen molar-refractivity contribution in [3.8, 4) is 11.5 Å². The zero-order valence-corrected chi connectivity index (χ0v) is 17.0. The number of para-hydroxylation sites is 1. The predicted molar refractivity (Wildman–Crippen MR) is 113 cm³/mol. The Morgan fingerprint density at radius 3 is 2.48 bits per heavy atom. The summed E-state index contributed by atoms with van der Waals surface area (Å²) in [6, 6.07) is 14.3. The minimum atomic E-state index is -0.680. The Hall–Kier alpha value is -3.02. The maximum atomic E-state index is 12.9. The third-order valence-electron chi connectivity index (χ3n) is 5.04. The molecule has 2 aromatic carbocycles. The lowest BCUT2D eigenvalue weighted by atomic mass is 10.1. The van der Waals surface area contributed by atoms with E-state index in [1.807, 2.05) is 36.1 Å². The molecule has 1 fully saturated rings. The third-order valence-corrected chi connectivity index (χ3v) is 5.04. The first-order valence-electron chi connectivity index (χ1n) is 10.1. The van der Waals surface area contributed by atoms with Crippen molar-refractivity contribution in [2.24, 2.45) is 0 Å². The van der Waals surface area contributed by atoms with Crippen LogP contribution in [0.2, 0.25) is 0 Å². The Labute approximate surface area is 171 Å². The lowest BCUT2D eigenvalue weighted by Gasteiger charge is -2.27. The lowest BCUT2D eigenvalue weighted by molar-refractivity contribution is -0.122. The number of hydrogen-bond acceptors (Lipinski definition) is 4. The van der Waals surface area contributed by atoms with E-state index >= 15 is 0 Å². The van der Waals surface area contributed by atoms with Crippen LogP contribution < -0.4 is 14.8 Å². The van der Waals surface area contributed by atoms with Gasteiger partial charge in [-0.15, -0.1) is 0 Å². The van der Waals surface area contributed by atoms with Crippen molar-refractivity contribution in [3.05, 3.63) is 54.1 Å². The highest BCUT2D eigenvalue weighted by molar-refractivity contribution is 6.04. The quantitative estimate of drug-likeness (QED) is 0.765. The Bertz CT molecular complexity index is 846. The Morgan fingerprint density at radius 2 is 1.76 bits per heavy atom. The molecule has 0 aromatic heterocycles. The topological polar surface area (TPSA) is 67.9 Å². The standard InChI is InChI=1S/C23H28N2O4/c1-3-21(29-18-11-9-10-17(16-18)28-2)22(26)24-20-13-6-5-12-19(20)23(27)25-14-7-4-8-15-25/h5-6,9-13,16,21H,3-4,7-8,14-15H2,1-2H3,(H,24,26). The van der Waals surface area contributed by atoms with Gasteiger partial charge in [0.25, 0.3) is 11.8 Å². The molecule has 0 aliphatic carbocycles. The number of likely N-dealkylation sites (tertiary alicyclic amines) is 1. The van der Waals surface area contributed by atoms with Gasteiger partial charge in [-0.05, 0) is 49.9 Å². The molecular formula is C23H28N2O4. The van der Waals surface area contributed by atoms with Crippen molar-refractivity contribution in [2.45, 2.75) is 38.7 Å². The Balaban J connectivity index is 1.72.